The molecule has 0 aromatic carbocycles. The normalized spacial score (nSPS) is 23.1. The molecule has 9 N–H and O–H groups in total. The molecular formula is C84H135NO13. The van der Waals surface area contributed by atoms with E-state index in [4.69, 9.17) is 18.9 Å². The molecule has 0 aromatic heterocycles. The molecule has 2 aliphatic heterocycles. The lowest BCUT2D eigenvalue weighted by molar-refractivity contribution is -0.359. The summed E-state index contributed by atoms with van der Waals surface area (Å²) in [7, 11) is 0. The van der Waals surface area contributed by atoms with Gasteiger partial charge >= 0.3 is 0 Å². The van der Waals surface area contributed by atoms with Gasteiger partial charge in [0.05, 0.1) is 32.0 Å². The quantitative estimate of drug-likeness (QED) is 0.0204. The maximum absolute atomic E-state index is 13.3. The van der Waals surface area contributed by atoms with Crippen LogP contribution in [0.4, 0.5) is 0 Å². The molecule has 2 rings (SSSR count). The maximum atomic E-state index is 13.3. The van der Waals surface area contributed by atoms with Crippen molar-refractivity contribution in [1.82, 2.24) is 5.32 Å². The van der Waals surface area contributed by atoms with Crippen LogP contribution >= 0.6 is 0 Å². The summed E-state index contributed by atoms with van der Waals surface area (Å²) in [4.78, 5) is 13.3. The Labute approximate surface area is 593 Å². The molecule has 0 bridgehead atoms. The topological polar surface area (TPSA) is 228 Å². The third-order valence-corrected chi connectivity index (χ3v) is 17.1. The second-order valence-electron chi connectivity index (χ2n) is 25.7. The highest BCUT2D eigenvalue weighted by molar-refractivity contribution is 5.76. The number of nitrogens with one attached hydrogen (secondary N) is 1. The van der Waals surface area contributed by atoms with Gasteiger partial charge < -0.3 is 65.1 Å². The monoisotopic (exact) mass is 1370 g/mol. The Morgan fingerprint density at radius 2 is 0.714 bits per heavy atom. The summed E-state index contributed by atoms with van der Waals surface area (Å²) in [5, 5.41) is 87.5. The zero-order valence-electron chi connectivity index (χ0n) is 60.4. The molecule has 2 fully saturated rings. The van der Waals surface area contributed by atoms with E-state index in [2.05, 4.69) is 189 Å². The lowest BCUT2D eigenvalue weighted by Gasteiger charge is -2.46. The largest absolute Gasteiger partial charge is 0.394 e. The first kappa shape index (κ1) is 89.2. The Balaban J connectivity index is 1.68. The van der Waals surface area contributed by atoms with Crippen molar-refractivity contribution in [3.8, 4) is 0 Å². The van der Waals surface area contributed by atoms with Crippen LogP contribution in [0.2, 0.25) is 0 Å². The lowest BCUT2D eigenvalue weighted by Crippen LogP contribution is -2.65. The van der Waals surface area contributed by atoms with E-state index >= 15 is 0 Å². The summed E-state index contributed by atoms with van der Waals surface area (Å²) in [6.07, 6.45) is 86.6. The fourth-order valence-electron chi connectivity index (χ4n) is 11.1. The van der Waals surface area contributed by atoms with Crippen LogP contribution in [0.15, 0.2) is 182 Å². The number of ether oxygens (including phenoxy) is 4. The molecule has 0 aromatic rings. The summed E-state index contributed by atoms with van der Waals surface area (Å²) in [6.45, 7) is 2.64. The number of hydrogen-bond acceptors (Lipinski definition) is 13. The number of hydrogen-bond donors (Lipinski definition) is 9. The highest BCUT2D eigenvalue weighted by Crippen LogP contribution is 2.30. The van der Waals surface area contributed by atoms with Gasteiger partial charge in [0.1, 0.15) is 48.8 Å². The molecule has 1 amide bonds. The summed E-state index contributed by atoms with van der Waals surface area (Å²) in [6, 6.07) is -0.967. The van der Waals surface area contributed by atoms with Gasteiger partial charge in [0, 0.05) is 6.42 Å². The van der Waals surface area contributed by atoms with Crippen molar-refractivity contribution >= 4 is 5.91 Å². The van der Waals surface area contributed by atoms with Crippen molar-refractivity contribution in [2.24, 2.45) is 0 Å². The molecule has 0 radical (unpaired) electrons. The molecule has 2 saturated heterocycles. The number of rotatable bonds is 60. The zero-order chi connectivity index (χ0) is 70.8. The lowest BCUT2D eigenvalue weighted by atomic mass is 9.97. The van der Waals surface area contributed by atoms with Crippen LogP contribution in [-0.2, 0) is 23.7 Å². The maximum Gasteiger partial charge on any atom is 0.220 e. The van der Waals surface area contributed by atoms with Crippen molar-refractivity contribution in [3.63, 3.8) is 0 Å². The van der Waals surface area contributed by atoms with Crippen molar-refractivity contribution in [1.29, 1.82) is 0 Å². The molecular weight excluding hydrogens is 1230 g/mol. The molecule has 0 saturated carbocycles. The van der Waals surface area contributed by atoms with E-state index in [0.29, 0.717) is 12.8 Å². The molecule has 554 valence electrons. The standard InChI is InChI=1S/C84H135NO13/c1-3-5-7-9-11-13-15-17-19-21-23-25-27-28-29-30-31-32-33-34-35-36-37-38-39-40-41-42-43-44-46-48-50-52-54-56-58-60-62-64-66-68-76(89)85-72(71-95-83-81(94)79(92)82(75(70-87)97-83)98-84-80(93)78(91)77(90)74(69-86)96-84)73(88)67-65-63-61-59-57-55-53-51-49-47-45-26-24-22-20-18-16-14-12-10-8-6-4-2/h5,7,11,13,17,19,23,25,28-29,31-32,34-35,37-38,40-41,43-44,48-51,54,56-57,59,65,67,72-75,77-84,86-88,90-94H,3-4,6,8-10,12,14-16,18,20-22,24,26-27,30,33,36,39,42,45-47,52-53,55,58,60-64,66,68-71H2,1-2H3,(H,85,89)/b7-5-,13-11-,19-17-,25-23-,29-28-,32-31-,35-34-,38-37-,41-40-,44-43-,50-48-,51-49+,56-54-,59-57+,67-65+. The number of aliphatic hydroxyl groups excluding tert-OH is 8. The molecule has 14 nitrogen and oxygen atoms in total. The highest BCUT2D eigenvalue weighted by Gasteiger charge is 2.51. The Kier molecular flexibility index (Phi) is 59.5. The molecule has 98 heavy (non-hydrogen) atoms. The SMILES string of the molecule is CC/C=C\C/C=C\C/C=C\C/C=C\C/C=C\C/C=C\C/C=C\C/C=C\C/C=C\C/C=C\C/C=C\C/C=C\CCCCCCC(=O)NC(COC1OC(CO)C(OC2OC(CO)C(O)C(O)C2O)C(O)C1O)C(O)/C=C/CC/C=C/CC/C=C/CCCCCCCCCCCCCCC. The van der Waals surface area contributed by atoms with Gasteiger partial charge in [-0.1, -0.05) is 286 Å². The number of allylic oxidation sites excluding steroid dienone is 29. The van der Waals surface area contributed by atoms with E-state index in [9.17, 15) is 45.6 Å². The Morgan fingerprint density at radius 3 is 1.12 bits per heavy atom. The number of unbranched alkanes of at least 4 members (excludes halogenated alkanes) is 19. The van der Waals surface area contributed by atoms with E-state index in [1.807, 2.05) is 6.08 Å². The number of aliphatic hydroxyl groups is 8. The average molecular weight is 1370 g/mol. The summed E-state index contributed by atoms with van der Waals surface area (Å²) < 4.78 is 22.8. The van der Waals surface area contributed by atoms with Crippen LogP contribution in [-0.4, -0.2) is 140 Å². The predicted octanol–water partition coefficient (Wildman–Crippen LogP) is 16.9. The van der Waals surface area contributed by atoms with Crippen molar-refractivity contribution in [2.45, 2.75) is 319 Å². The summed E-state index contributed by atoms with van der Waals surface area (Å²) >= 11 is 0. The second kappa shape index (κ2) is 65.4. The van der Waals surface area contributed by atoms with Gasteiger partial charge in [0.2, 0.25) is 5.91 Å². The fourth-order valence-corrected chi connectivity index (χ4v) is 11.1. The van der Waals surface area contributed by atoms with Gasteiger partial charge in [-0.3, -0.25) is 4.79 Å². The smallest absolute Gasteiger partial charge is 0.220 e. The van der Waals surface area contributed by atoms with Crippen molar-refractivity contribution < 1.29 is 64.6 Å². The van der Waals surface area contributed by atoms with Gasteiger partial charge in [0.25, 0.3) is 0 Å². The van der Waals surface area contributed by atoms with Gasteiger partial charge in [-0.05, 0) is 135 Å². The minimum Gasteiger partial charge on any atom is -0.394 e. The number of carbonyl (C=O) groups excluding carboxylic acids is 1. The number of carbonyl (C=O) groups is 1. The highest BCUT2D eigenvalue weighted by atomic mass is 16.7. The zero-order valence-corrected chi connectivity index (χ0v) is 60.4. The van der Waals surface area contributed by atoms with Crippen LogP contribution < -0.4 is 5.32 Å². The Bertz CT molecular complexity index is 2360. The van der Waals surface area contributed by atoms with Crippen LogP contribution in [0.1, 0.15) is 245 Å². The van der Waals surface area contributed by atoms with Crippen LogP contribution in [0.25, 0.3) is 0 Å². The Morgan fingerprint density at radius 1 is 0.378 bits per heavy atom. The molecule has 2 aliphatic rings. The minimum atomic E-state index is -1.81. The van der Waals surface area contributed by atoms with Crippen molar-refractivity contribution in [2.75, 3.05) is 19.8 Å². The molecule has 0 spiro atoms. The number of amides is 1. The third-order valence-electron chi connectivity index (χ3n) is 17.1. The van der Waals surface area contributed by atoms with Crippen LogP contribution in [0.3, 0.4) is 0 Å². The fraction of sp³-hybridized carbons (Fsp3) is 0.631. The molecule has 14 heteroatoms. The van der Waals surface area contributed by atoms with E-state index in [-0.39, 0.29) is 18.9 Å². The molecule has 0 aliphatic carbocycles. The van der Waals surface area contributed by atoms with Gasteiger partial charge in [-0.25, -0.2) is 0 Å². The van der Waals surface area contributed by atoms with E-state index in [1.54, 1.807) is 6.08 Å². The van der Waals surface area contributed by atoms with E-state index in [1.165, 1.54) is 83.5 Å². The predicted molar refractivity (Wildman–Crippen MR) is 405 cm³/mol. The summed E-state index contributed by atoms with van der Waals surface area (Å²) in [5.74, 6) is -0.284. The molecule has 2 heterocycles. The van der Waals surface area contributed by atoms with Gasteiger partial charge in [-0.2, -0.15) is 0 Å². The van der Waals surface area contributed by atoms with Gasteiger partial charge in [0.15, 0.2) is 12.6 Å². The molecule has 12 unspecified atom stereocenters. The molecule has 12 atom stereocenters. The minimum absolute atomic E-state index is 0.228. The first-order valence-corrected chi connectivity index (χ1v) is 38.0. The van der Waals surface area contributed by atoms with Crippen molar-refractivity contribution in [3.05, 3.63) is 182 Å². The second-order valence-corrected chi connectivity index (χ2v) is 25.7. The van der Waals surface area contributed by atoms with E-state index in [0.717, 1.165) is 128 Å². The van der Waals surface area contributed by atoms with Crippen LogP contribution in [0, 0.1) is 0 Å². The average Bonchev–Trinajstić information content (AvgIpc) is 0.793. The van der Waals surface area contributed by atoms with Gasteiger partial charge in [-0.15, -0.1) is 0 Å². The van der Waals surface area contributed by atoms with Crippen LogP contribution in [0.5, 0.6) is 0 Å². The first-order valence-electron chi connectivity index (χ1n) is 38.0. The first-order chi connectivity index (χ1) is 48.1. The Hall–Kier alpha value is -4.91. The summed E-state index contributed by atoms with van der Waals surface area (Å²) in [5.41, 5.74) is 0. The third kappa shape index (κ3) is 48.0. The van der Waals surface area contributed by atoms with E-state index < -0.39 is 86.8 Å².